The molecule has 0 bridgehead atoms. The molecule has 2 heterocycles. The molecule has 4 N–H and O–H groups in total. The molecule has 11 heteroatoms. The molecule has 0 saturated carbocycles. The van der Waals surface area contributed by atoms with E-state index in [2.05, 4.69) is 20.9 Å². The maximum Gasteiger partial charge on any atom is 0.408 e. The summed E-state index contributed by atoms with van der Waals surface area (Å²) >= 11 is 0. The number of furan rings is 1. The van der Waals surface area contributed by atoms with Crippen molar-refractivity contribution >= 4 is 18.1 Å². The molecular weight excluding hydrogens is 600 g/mol. The van der Waals surface area contributed by atoms with Gasteiger partial charge in [-0.15, -0.1) is 0 Å². The molecule has 2 aromatic heterocycles. The number of nitrogens with one attached hydrogen (secondary N) is 3. The molecule has 3 amide bonds. The van der Waals surface area contributed by atoms with Gasteiger partial charge in [-0.05, 0) is 54.5 Å². The first-order valence-corrected chi connectivity index (χ1v) is 15.6. The van der Waals surface area contributed by atoms with E-state index in [0.717, 1.165) is 11.1 Å². The zero-order chi connectivity index (χ0) is 33.4. The van der Waals surface area contributed by atoms with Crippen molar-refractivity contribution in [2.24, 2.45) is 5.92 Å². The highest BCUT2D eigenvalue weighted by Crippen LogP contribution is 2.16. The first-order valence-electron chi connectivity index (χ1n) is 15.6. The summed E-state index contributed by atoms with van der Waals surface area (Å²) in [7, 11) is 0. The van der Waals surface area contributed by atoms with Gasteiger partial charge in [-0.2, -0.15) is 0 Å². The Hall–Kier alpha value is -5.16. The summed E-state index contributed by atoms with van der Waals surface area (Å²) in [5.74, 6) is -0.758. The molecule has 0 aliphatic heterocycles. The van der Waals surface area contributed by atoms with Gasteiger partial charge in [-0.1, -0.05) is 80.6 Å². The monoisotopic (exact) mass is 642 g/mol. The number of aromatic nitrogens is 1. The minimum atomic E-state index is -1.08. The van der Waals surface area contributed by atoms with E-state index in [0.29, 0.717) is 24.1 Å². The van der Waals surface area contributed by atoms with Crippen LogP contribution in [0.25, 0.3) is 0 Å². The number of alkyl carbamates (subject to hydrolysis) is 2. The Morgan fingerprint density at radius 2 is 1.40 bits per heavy atom. The lowest BCUT2D eigenvalue weighted by atomic mass is 9.93. The highest BCUT2D eigenvalue weighted by molar-refractivity contribution is 5.86. The Labute approximate surface area is 274 Å². The first-order chi connectivity index (χ1) is 22.8. The topological polar surface area (TPSA) is 152 Å². The predicted molar refractivity (Wildman–Crippen MR) is 175 cm³/mol. The molecule has 4 atom stereocenters. The lowest BCUT2D eigenvalue weighted by Gasteiger charge is -2.30. The van der Waals surface area contributed by atoms with Crippen molar-refractivity contribution in [3.8, 4) is 0 Å². The Bertz CT molecular complexity index is 1500. The number of carbonyl (C=O) groups excluding carboxylic acids is 3. The van der Waals surface area contributed by atoms with Crippen molar-refractivity contribution in [1.82, 2.24) is 20.9 Å². The van der Waals surface area contributed by atoms with E-state index in [4.69, 9.17) is 13.9 Å². The molecular formula is C36H42N4O7. The van der Waals surface area contributed by atoms with E-state index in [1.807, 2.05) is 60.7 Å². The molecule has 0 aliphatic carbocycles. The van der Waals surface area contributed by atoms with Gasteiger partial charge in [0.05, 0.1) is 30.4 Å². The molecule has 2 aromatic carbocycles. The number of rotatable bonds is 16. The summed E-state index contributed by atoms with van der Waals surface area (Å²) in [6.07, 6.45) is 2.95. The number of benzene rings is 2. The third kappa shape index (κ3) is 11.9. The fourth-order valence-corrected chi connectivity index (χ4v) is 5.03. The zero-order valence-electron chi connectivity index (χ0n) is 26.6. The Morgan fingerprint density at radius 1 is 0.766 bits per heavy atom. The van der Waals surface area contributed by atoms with Crippen LogP contribution in [0.3, 0.4) is 0 Å². The van der Waals surface area contributed by atoms with Crippen LogP contribution in [0.4, 0.5) is 9.59 Å². The van der Waals surface area contributed by atoms with Crippen molar-refractivity contribution in [3.63, 3.8) is 0 Å². The fourth-order valence-electron chi connectivity index (χ4n) is 5.03. The lowest BCUT2D eigenvalue weighted by molar-refractivity contribution is -0.125. The van der Waals surface area contributed by atoms with Crippen molar-refractivity contribution in [2.75, 3.05) is 0 Å². The Kier molecular flexibility index (Phi) is 13.4. The standard InChI is InChI=1S/C36H42N4O7/c1-25(2)33(40-36(44)47-24-29-15-9-10-17-37-29)34(42)39-31(20-27-13-7-4-8-14-27)32(41)21-30(19-26-11-5-3-6-12-26)38-35(43)46-23-28-16-18-45-22-28/h3-18,22,25,30-33,41H,19-21,23-24H2,1-2H3,(H,38,43)(H,39,42)(H,40,44)/t30-,31-,32-,33?/m0/s1. The van der Waals surface area contributed by atoms with Crippen LogP contribution in [-0.4, -0.2) is 52.4 Å². The molecule has 11 nitrogen and oxygen atoms in total. The molecule has 47 heavy (non-hydrogen) atoms. The van der Waals surface area contributed by atoms with Crippen molar-refractivity contribution < 1.29 is 33.4 Å². The number of hydrogen-bond donors (Lipinski definition) is 4. The molecule has 0 fully saturated rings. The number of pyridine rings is 1. The van der Waals surface area contributed by atoms with E-state index in [1.54, 1.807) is 44.3 Å². The van der Waals surface area contributed by atoms with Crippen LogP contribution in [0.15, 0.2) is 108 Å². The highest BCUT2D eigenvalue weighted by Gasteiger charge is 2.31. The van der Waals surface area contributed by atoms with Gasteiger partial charge in [0.1, 0.15) is 19.3 Å². The fraction of sp³-hybridized carbons (Fsp3) is 0.333. The quantitative estimate of drug-likeness (QED) is 0.134. The smallest absolute Gasteiger partial charge is 0.408 e. The number of aliphatic hydroxyl groups excluding tert-OH is 1. The summed E-state index contributed by atoms with van der Waals surface area (Å²) < 4.78 is 15.7. The van der Waals surface area contributed by atoms with Crippen LogP contribution >= 0.6 is 0 Å². The second-order valence-electron chi connectivity index (χ2n) is 11.6. The van der Waals surface area contributed by atoms with Crippen LogP contribution < -0.4 is 16.0 Å². The van der Waals surface area contributed by atoms with E-state index >= 15 is 0 Å². The summed E-state index contributed by atoms with van der Waals surface area (Å²) in [5.41, 5.74) is 3.13. The predicted octanol–water partition coefficient (Wildman–Crippen LogP) is 4.94. The minimum Gasteiger partial charge on any atom is -0.472 e. The zero-order valence-corrected chi connectivity index (χ0v) is 26.6. The Balaban J connectivity index is 1.45. The highest BCUT2D eigenvalue weighted by atomic mass is 16.6. The Morgan fingerprint density at radius 3 is 2.02 bits per heavy atom. The summed E-state index contributed by atoms with van der Waals surface area (Å²) in [5, 5.41) is 20.1. The van der Waals surface area contributed by atoms with Gasteiger partial charge in [-0.3, -0.25) is 9.78 Å². The molecule has 0 radical (unpaired) electrons. The second kappa shape index (κ2) is 18.1. The molecule has 0 aliphatic rings. The summed E-state index contributed by atoms with van der Waals surface area (Å²) in [4.78, 5) is 43.2. The van der Waals surface area contributed by atoms with E-state index in [-0.39, 0.29) is 25.6 Å². The number of ether oxygens (including phenoxy) is 2. The van der Waals surface area contributed by atoms with Crippen LogP contribution in [0.5, 0.6) is 0 Å². The van der Waals surface area contributed by atoms with Crippen LogP contribution in [0.1, 0.15) is 42.7 Å². The van der Waals surface area contributed by atoms with Crippen LogP contribution in [0.2, 0.25) is 0 Å². The van der Waals surface area contributed by atoms with Gasteiger partial charge in [-0.25, -0.2) is 9.59 Å². The molecule has 4 rings (SSSR count). The van der Waals surface area contributed by atoms with Crippen molar-refractivity contribution in [1.29, 1.82) is 0 Å². The van der Waals surface area contributed by atoms with E-state index in [9.17, 15) is 19.5 Å². The average Bonchev–Trinajstić information content (AvgIpc) is 3.60. The average molecular weight is 643 g/mol. The van der Waals surface area contributed by atoms with Gasteiger partial charge in [0.15, 0.2) is 0 Å². The second-order valence-corrected chi connectivity index (χ2v) is 11.6. The largest absolute Gasteiger partial charge is 0.472 e. The van der Waals surface area contributed by atoms with Crippen LogP contribution in [-0.2, 0) is 40.3 Å². The SMILES string of the molecule is CC(C)C(NC(=O)OCc1ccccn1)C(=O)N[C@@H](Cc1ccccc1)[C@@H](O)C[C@H](Cc1ccccc1)NC(=O)OCc1ccoc1. The third-order valence-corrected chi connectivity index (χ3v) is 7.51. The number of amides is 3. The normalized spacial score (nSPS) is 13.5. The lowest BCUT2D eigenvalue weighted by Crippen LogP contribution is -2.56. The maximum atomic E-state index is 13.6. The molecule has 4 aromatic rings. The van der Waals surface area contributed by atoms with E-state index < -0.39 is 42.3 Å². The van der Waals surface area contributed by atoms with Gasteiger partial charge < -0.3 is 34.9 Å². The van der Waals surface area contributed by atoms with Crippen LogP contribution in [0, 0.1) is 5.92 Å². The van der Waals surface area contributed by atoms with Gasteiger partial charge in [0, 0.05) is 17.8 Å². The molecule has 1 unspecified atom stereocenters. The van der Waals surface area contributed by atoms with Crippen molar-refractivity contribution in [3.05, 3.63) is 126 Å². The number of aliphatic hydroxyl groups is 1. The third-order valence-electron chi connectivity index (χ3n) is 7.51. The van der Waals surface area contributed by atoms with Gasteiger partial charge >= 0.3 is 12.2 Å². The minimum absolute atomic E-state index is 0.0313. The van der Waals surface area contributed by atoms with Gasteiger partial charge in [0.2, 0.25) is 5.91 Å². The molecule has 0 saturated heterocycles. The maximum absolute atomic E-state index is 13.6. The van der Waals surface area contributed by atoms with Gasteiger partial charge in [0.25, 0.3) is 0 Å². The van der Waals surface area contributed by atoms with Crippen molar-refractivity contribution in [2.45, 2.75) is 70.6 Å². The number of nitrogens with zero attached hydrogens (tertiary/aromatic N) is 1. The number of hydrogen-bond acceptors (Lipinski definition) is 8. The molecule has 248 valence electrons. The first kappa shape index (κ1) is 34.7. The van der Waals surface area contributed by atoms with E-state index in [1.165, 1.54) is 12.5 Å². The summed E-state index contributed by atoms with van der Waals surface area (Å²) in [6.45, 7) is 3.60. The molecule has 0 spiro atoms. The number of carbonyl (C=O) groups is 3. The summed E-state index contributed by atoms with van der Waals surface area (Å²) in [6, 6.07) is 23.8.